The number of amides is 3. The number of carbonyl (C=O) groups excluding carboxylic acids is 2. The number of carbonyl (C=O) groups is 2. The molecule has 0 bridgehead atoms. The van der Waals surface area contributed by atoms with Crippen molar-refractivity contribution in [2.45, 2.75) is 19.6 Å². The SMILES string of the molecule is O=C(NCc1ccc(NC(=O)c2ccco2)cc1)NCc1cnn(Cc2ccccc2)c1. The lowest BCUT2D eigenvalue weighted by molar-refractivity contribution is 0.0996. The average Bonchev–Trinajstić information content (AvgIpc) is 3.50. The van der Waals surface area contributed by atoms with Crippen molar-refractivity contribution in [2.24, 2.45) is 0 Å². The lowest BCUT2D eigenvalue weighted by Crippen LogP contribution is -2.34. The summed E-state index contributed by atoms with van der Waals surface area (Å²) in [7, 11) is 0. The maximum Gasteiger partial charge on any atom is 0.315 e. The van der Waals surface area contributed by atoms with E-state index in [1.54, 1.807) is 30.5 Å². The Morgan fingerprint density at radius 1 is 0.844 bits per heavy atom. The van der Waals surface area contributed by atoms with Crippen LogP contribution in [0.2, 0.25) is 0 Å². The second kappa shape index (κ2) is 10.1. The molecule has 4 rings (SSSR count). The fourth-order valence-electron chi connectivity index (χ4n) is 3.09. The third kappa shape index (κ3) is 5.85. The molecule has 0 saturated heterocycles. The van der Waals surface area contributed by atoms with Gasteiger partial charge in [0.15, 0.2) is 5.76 Å². The molecular formula is C24H23N5O3. The van der Waals surface area contributed by atoms with E-state index in [4.69, 9.17) is 4.42 Å². The van der Waals surface area contributed by atoms with Crippen LogP contribution in [-0.2, 0) is 19.6 Å². The zero-order chi connectivity index (χ0) is 22.2. The molecule has 4 aromatic rings. The van der Waals surface area contributed by atoms with Crippen LogP contribution in [0.5, 0.6) is 0 Å². The van der Waals surface area contributed by atoms with Gasteiger partial charge in [0.1, 0.15) is 0 Å². The highest BCUT2D eigenvalue weighted by Crippen LogP contribution is 2.12. The van der Waals surface area contributed by atoms with Crippen molar-refractivity contribution in [3.05, 3.63) is 108 Å². The molecule has 0 radical (unpaired) electrons. The Morgan fingerprint density at radius 2 is 1.59 bits per heavy atom. The van der Waals surface area contributed by atoms with Crippen molar-refractivity contribution in [3.8, 4) is 0 Å². The van der Waals surface area contributed by atoms with Crippen LogP contribution in [0.25, 0.3) is 0 Å². The molecule has 0 fully saturated rings. The van der Waals surface area contributed by atoms with Gasteiger partial charge in [-0.05, 0) is 35.4 Å². The van der Waals surface area contributed by atoms with Gasteiger partial charge in [0.05, 0.1) is 19.0 Å². The lowest BCUT2D eigenvalue weighted by Gasteiger charge is -2.08. The van der Waals surface area contributed by atoms with Crippen LogP contribution >= 0.6 is 0 Å². The summed E-state index contributed by atoms with van der Waals surface area (Å²) in [5.41, 5.74) is 3.64. The first-order chi connectivity index (χ1) is 15.7. The molecule has 0 unspecified atom stereocenters. The maximum atomic E-state index is 12.1. The zero-order valence-corrected chi connectivity index (χ0v) is 17.3. The van der Waals surface area contributed by atoms with Gasteiger partial charge in [0.2, 0.25) is 0 Å². The van der Waals surface area contributed by atoms with Gasteiger partial charge >= 0.3 is 6.03 Å². The van der Waals surface area contributed by atoms with E-state index in [2.05, 4.69) is 21.0 Å². The minimum atomic E-state index is -0.313. The summed E-state index contributed by atoms with van der Waals surface area (Å²) in [6.45, 7) is 1.44. The van der Waals surface area contributed by atoms with E-state index in [1.165, 1.54) is 11.8 Å². The van der Waals surface area contributed by atoms with E-state index in [9.17, 15) is 9.59 Å². The molecule has 2 heterocycles. The Morgan fingerprint density at radius 3 is 2.31 bits per heavy atom. The molecule has 3 amide bonds. The predicted molar refractivity (Wildman–Crippen MR) is 120 cm³/mol. The van der Waals surface area contributed by atoms with Crippen LogP contribution in [0.4, 0.5) is 10.5 Å². The minimum Gasteiger partial charge on any atom is -0.459 e. The Bertz CT molecular complexity index is 1150. The van der Waals surface area contributed by atoms with Gasteiger partial charge in [-0.1, -0.05) is 42.5 Å². The van der Waals surface area contributed by atoms with Gasteiger partial charge in [-0.25, -0.2) is 4.79 Å². The molecule has 0 aliphatic rings. The van der Waals surface area contributed by atoms with Crippen molar-refractivity contribution in [1.82, 2.24) is 20.4 Å². The van der Waals surface area contributed by atoms with E-state index < -0.39 is 0 Å². The van der Waals surface area contributed by atoms with E-state index in [0.29, 0.717) is 25.3 Å². The fourth-order valence-corrected chi connectivity index (χ4v) is 3.09. The highest BCUT2D eigenvalue weighted by molar-refractivity contribution is 6.02. The first-order valence-corrected chi connectivity index (χ1v) is 10.2. The van der Waals surface area contributed by atoms with Gasteiger partial charge < -0.3 is 20.4 Å². The summed E-state index contributed by atoms with van der Waals surface area (Å²) in [6, 6.07) is 20.3. The number of hydrogen-bond acceptors (Lipinski definition) is 4. The molecule has 0 spiro atoms. The molecule has 8 nitrogen and oxygen atoms in total. The highest BCUT2D eigenvalue weighted by Gasteiger charge is 2.08. The van der Waals surface area contributed by atoms with Gasteiger partial charge in [-0.2, -0.15) is 5.10 Å². The summed E-state index contributed by atoms with van der Waals surface area (Å²) in [5, 5.41) is 12.7. The van der Waals surface area contributed by atoms with Crippen molar-refractivity contribution < 1.29 is 14.0 Å². The monoisotopic (exact) mass is 429 g/mol. The summed E-state index contributed by atoms with van der Waals surface area (Å²) >= 11 is 0. The Balaban J connectivity index is 1.19. The second-order valence-electron chi connectivity index (χ2n) is 7.20. The summed E-state index contributed by atoms with van der Waals surface area (Å²) in [5.74, 6) is -0.0645. The molecule has 2 aromatic heterocycles. The molecule has 8 heteroatoms. The largest absolute Gasteiger partial charge is 0.459 e. The first kappa shape index (κ1) is 20.9. The number of nitrogens with zero attached hydrogens (tertiary/aromatic N) is 2. The Labute approximate surface area is 185 Å². The van der Waals surface area contributed by atoms with Crippen molar-refractivity contribution in [1.29, 1.82) is 0 Å². The van der Waals surface area contributed by atoms with Crippen LogP contribution in [-0.4, -0.2) is 21.7 Å². The van der Waals surface area contributed by atoms with Gasteiger partial charge in [-0.15, -0.1) is 0 Å². The number of rotatable bonds is 8. The first-order valence-electron chi connectivity index (χ1n) is 10.2. The van der Waals surface area contributed by atoms with E-state index in [1.807, 2.05) is 53.3 Å². The van der Waals surface area contributed by atoms with E-state index in [-0.39, 0.29) is 17.7 Å². The fraction of sp³-hybridized carbons (Fsp3) is 0.125. The Hall–Kier alpha value is -4.33. The predicted octanol–water partition coefficient (Wildman–Crippen LogP) is 3.78. The second-order valence-corrected chi connectivity index (χ2v) is 7.20. The number of aromatic nitrogens is 2. The summed E-state index contributed by atoms with van der Waals surface area (Å²) in [6.07, 6.45) is 5.12. The van der Waals surface area contributed by atoms with Gasteiger partial charge in [-0.3, -0.25) is 9.48 Å². The smallest absolute Gasteiger partial charge is 0.315 e. The third-order valence-corrected chi connectivity index (χ3v) is 4.74. The number of furan rings is 1. The molecule has 0 saturated carbocycles. The van der Waals surface area contributed by atoms with Crippen LogP contribution < -0.4 is 16.0 Å². The van der Waals surface area contributed by atoms with Crippen LogP contribution in [0.15, 0.2) is 89.8 Å². The average molecular weight is 429 g/mol. The molecule has 0 atom stereocenters. The quantitative estimate of drug-likeness (QED) is 0.397. The highest BCUT2D eigenvalue weighted by atomic mass is 16.3. The molecule has 2 aromatic carbocycles. The van der Waals surface area contributed by atoms with Crippen molar-refractivity contribution in [3.63, 3.8) is 0 Å². The van der Waals surface area contributed by atoms with E-state index in [0.717, 1.165) is 11.1 Å². The summed E-state index contributed by atoms with van der Waals surface area (Å²) in [4.78, 5) is 24.1. The maximum absolute atomic E-state index is 12.1. The van der Waals surface area contributed by atoms with Crippen LogP contribution in [0.3, 0.4) is 0 Å². The summed E-state index contributed by atoms with van der Waals surface area (Å²) < 4.78 is 6.91. The number of anilines is 1. The van der Waals surface area contributed by atoms with Crippen molar-refractivity contribution >= 4 is 17.6 Å². The van der Waals surface area contributed by atoms with E-state index >= 15 is 0 Å². The van der Waals surface area contributed by atoms with Crippen molar-refractivity contribution in [2.75, 3.05) is 5.32 Å². The normalized spacial score (nSPS) is 10.5. The number of nitrogens with one attached hydrogen (secondary N) is 3. The number of hydrogen-bond donors (Lipinski definition) is 3. The van der Waals surface area contributed by atoms with Gasteiger partial charge in [0, 0.05) is 30.5 Å². The zero-order valence-electron chi connectivity index (χ0n) is 17.3. The Kier molecular flexibility index (Phi) is 6.62. The molecular weight excluding hydrogens is 406 g/mol. The third-order valence-electron chi connectivity index (χ3n) is 4.74. The standard InChI is InChI=1S/C24H23N5O3/c30-23(22-7-4-12-32-22)28-21-10-8-18(9-11-21)13-25-24(31)26-14-20-15-27-29(17-20)16-19-5-2-1-3-6-19/h1-12,15,17H,13-14,16H2,(H,28,30)(H2,25,26,31). The molecule has 0 aliphatic carbocycles. The number of benzene rings is 2. The van der Waals surface area contributed by atoms with Crippen LogP contribution in [0.1, 0.15) is 27.2 Å². The molecule has 162 valence electrons. The molecule has 0 aliphatic heterocycles. The molecule has 32 heavy (non-hydrogen) atoms. The number of urea groups is 1. The lowest BCUT2D eigenvalue weighted by atomic mass is 10.2. The molecule has 3 N–H and O–H groups in total. The topological polar surface area (TPSA) is 101 Å². The van der Waals surface area contributed by atoms with Gasteiger partial charge in [0.25, 0.3) is 5.91 Å². The minimum absolute atomic E-state index is 0.248. The van der Waals surface area contributed by atoms with Crippen LogP contribution in [0, 0.1) is 0 Å².